The molecule has 5 amide bonds. The fourth-order valence-electron chi connectivity index (χ4n) is 6.07. The summed E-state index contributed by atoms with van der Waals surface area (Å²) in [6.45, 7) is 4.16. The Labute approximate surface area is 303 Å². The lowest BCUT2D eigenvalue weighted by Crippen LogP contribution is -2.48. The first-order valence-corrected chi connectivity index (χ1v) is 17.6. The summed E-state index contributed by atoms with van der Waals surface area (Å²) in [4.78, 5) is 55.1. The minimum Gasteiger partial charge on any atom is -0.488 e. The fourth-order valence-corrected chi connectivity index (χ4v) is 6.07. The normalized spacial score (nSPS) is 17.1. The number of urea groups is 1. The van der Waals surface area contributed by atoms with Crippen LogP contribution in [0.2, 0.25) is 0 Å². The van der Waals surface area contributed by atoms with E-state index in [0.717, 1.165) is 0 Å². The molecule has 0 unspecified atom stereocenters. The van der Waals surface area contributed by atoms with Gasteiger partial charge in [0, 0.05) is 55.4 Å². The number of unbranched alkanes of at least 4 members (excludes halogenated alkanes) is 2. The van der Waals surface area contributed by atoms with E-state index >= 15 is 0 Å². The number of carbonyl (C=O) groups excluding carboxylic acids is 4. The molecule has 2 aliphatic rings. The van der Waals surface area contributed by atoms with Crippen molar-refractivity contribution >= 4 is 46.5 Å². The van der Waals surface area contributed by atoms with Crippen molar-refractivity contribution < 1.29 is 38.5 Å². The van der Waals surface area contributed by atoms with Crippen LogP contribution < -0.4 is 35.9 Å². The molecule has 14 nitrogen and oxygen atoms in total. The lowest BCUT2D eigenvalue weighted by atomic mass is 10.0. The number of nitrogens with two attached hydrogens (primary N) is 1. The molecule has 0 radical (unpaired) electrons. The van der Waals surface area contributed by atoms with Crippen LogP contribution in [0.4, 0.5) is 27.5 Å². The average molecular weight is 717 g/mol. The molecule has 3 aromatic rings. The third-order valence-electron chi connectivity index (χ3n) is 9.17. The van der Waals surface area contributed by atoms with Gasteiger partial charge in [-0.25, -0.2) is 4.79 Å². The Hall–Kier alpha value is -5.50. The van der Waals surface area contributed by atoms with Crippen LogP contribution >= 0.6 is 0 Å². The highest BCUT2D eigenvalue weighted by molar-refractivity contribution is 5.94. The highest BCUT2D eigenvalue weighted by Crippen LogP contribution is 2.34. The molecule has 0 spiro atoms. The smallest absolute Gasteiger partial charge is 0.321 e. The van der Waals surface area contributed by atoms with Crippen LogP contribution in [0.15, 0.2) is 60.7 Å². The maximum Gasteiger partial charge on any atom is 0.321 e. The van der Waals surface area contributed by atoms with Crippen LogP contribution in [-0.4, -0.2) is 84.3 Å². The molecule has 3 atom stereocenters. The van der Waals surface area contributed by atoms with Gasteiger partial charge in [-0.3, -0.25) is 14.4 Å². The zero-order valence-corrected chi connectivity index (χ0v) is 29.9. The minimum absolute atomic E-state index is 0.0000414. The highest BCUT2D eigenvalue weighted by Gasteiger charge is 2.32. The number of fused-ring (bicyclic) bond motifs is 2. The third-order valence-corrected chi connectivity index (χ3v) is 9.17. The first-order valence-electron chi connectivity index (χ1n) is 17.6. The average Bonchev–Trinajstić information content (AvgIpc) is 3.60. The number of hydrogen-bond acceptors (Lipinski definition) is 9. The van der Waals surface area contributed by atoms with Crippen molar-refractivity contribution in [3.63, 3.8) is 0 Å². The Morgan fingerprint density at radius 3 is 2.33 bits per heavy atom. The number of aliphatic hydroxyl groups excluding tert-OH is 1. The van der Waals surface area contributed by atoms with E-state index in [1.54, 1.807) is 79.5 Å². The molecule has 2 heterocycles. The molecule has 5 rings (SSSR count). The van der Waals surface area contributed by atoms with Gasteiger partial charge < -0.3 is 50.8 Å². The number of rotatable bonds is 13. The van der Waals surface area contributed by atoms with Gasteiger partial charge in [0.15, 0.2) is 11.5 Å². The highest BCUT2D eigenvalue weighted by atomic mass is 16.7. The molecular weight excluding hydrogens is 668 g/mol. The molecule has 0 fully saturated rings. The second-order valence-electron chi connectivity index (χ2n) is 13.3. The van der Waals surface area contributed by atoms with E-state index in [9.17, 15) is 24.3 Å². The standard InChI is InChI=1S/C38H48N6O8/c1-24-20-44(25(2)22-45)37(48)18-26-17-27(40-35(46)11-5-4-6-12-36(47)42-30-10-8-7-9-29(30)39)13-15-31(26)52-34(24)21-43(3)38(49)41-28-14-16-32-33(19-28)51-23-50-32/h7-10,13-17,19,24-25,34,45H,4-6,11-12,18,20-23,39H2,1-3H3,(H,40,46)(H,41,49)(H,42,47)/t24-,25+,34+/m0/s1. The maximum atomic E-state index is 13.6. The van der Waals surface area contributed by atoms with E-state index in [2.05, 4.69) is 16.0 Å². The quantitative estimate of drug-likeness (QED) is 0.122. The van der Waals surface area contributed by atoms with E-state index in [4.69, 9.17) is 19.9 Å². The summed E-state index contributed by atoms with van der Waals surface area (Å²) in [6.07, 6.45) is 1.99. The molecule has 278 valence electrons. The number of hydrogen-bond donors (Lipinski definition) is 5. The predicted molar refractivity (Wildman–Crippen MR) is 197 cm³/mol. The van der Waals surface area contributed by atoms with Gasteiger partial charge >= 0.3 is 6.03 Å². The zero-order valence-electron chi connectivity index (χ0n) is 29.9. The first-order chi connectivity index (χ1) is 25.0. The number of likely N-dealkylation sites (N-methyl/N-ethyl adjacent to an activating group) is 1. The lowest BCUT2D eigenvalue weighted by Gasteiger charge is -2.34. The summed E-state index contributed by atoms with van der Waals surface area (Å²) in [7, 11) is 1.67. The number of nitrogen functional groups attached to an aromatic ring is 1. The van der Waals surface area contributed by atoms with Crippen molar-refractivity contribution in [2.45, 2.75) is 64.5 Å². The second-order valence-corrected chi connectivity index (χ2v) is 13.3. The number of benzene rings is 3. The monoisotopic (exact) mass is 716 g/mol. The number of carbonyl (C=O) groups is 4. The molecule has 0 saturated heterocycles. The van der Waals surface area contributed by atoms with E-state index in [-0.39, 0.29) is 62.5 Å². The summed E-state index contributed by atoms with van der Waals surface area (Å²) in [5.41, 5.74) is 8.63. The van der Waals surface area contributed by atoms with Crippen molar-refractivity contribution in [1.29, 1.82) is 0 Å². The summed E-state index contributed by atoms with van der Waals surface area (Å²) >= 11 is 0. The molecule has 0 bridgehead atoms. The van der Waals surface area contributed by atoms with Gasteiger partial charge in [-0.2, -0.15) is 0 Å². The van der Waals surface area contributed by atoms with Gasteiger partial charge in [0.1, 0.15) is 11.9 Å². The van der Waals surface area contributed by atoms with E-state index in [0.29, 0.717) is 77.8 Å². The van der Waals surface area contributed by atoms with E-state index < -0.39 is 12.1 Å². The Morgan fingerprint density at radius 2 is 1.60 bits per heavy atom. The van der Waals surface area contributed by atoms with Gasteiger partial charge in [-0.15, -0.1) is 0 Å². The van der Waals surface area contributed by atoms with E-state index in [1.807, 2.05) is 6.92 Å². The molecule has 0 aliphatic carbocycles. The Bertz CT molecular complexity index is 1750. The van der Waals surface area contributed by atoms with Crippen LogP contribution in [0.5, 0.6) is 17.2 Å². The Kier molecular flexibility index (Phi) is 12.8. The van der Waals surface area contributed by atoms with Crippen molar-refractivity contribution in [2.75, 3.05) is 55.2 Å². The van der Waals surface area contributed by atoms with Gasteiger partial charge in [0.25, 0.3) is 0 Å². The maximum absolute atomic E-state index is 13.6. The van der Waals surface area contributed by atoms with Gasteiger partial charge in [-0.05, 0) is 62.2 Å². The fraction of sp³-hybridized carbons (Fsp3) is 0.421. The van der Waals surface area contributed by atoms with E-state index in [1.165, 1.54) is 4.90 Å². The van der Waals surface area contributed by atoms with Crippen LogP contribution in [0.3, 0.4) is 0 Å². The molecule has 3 aromatic carbocycles. The summed E-state index contributed by atoms with van der Waals surface area (Å²) in [5.74, 6) is 0.921. The molecule has 14 heteroatoms. The molecule has 6 N–H and O–H groups in total. The SMILES string of the molecule is C[C@H](CO)N1C[C@H](C)[C@@H](CN(C)C(=O)Nc2ccc3c(c2)OCO3)Oc2ccc(NC(=O)CCCCCC(=O)Nc3ccccc3N)cc2CC1=O. The Morgan fingerprint density at radius 1 is 0.923 bits per heavy atom. The van der Waals surface area contributed by atoms with Crippen molar-refractivity contribution in [2.24, 2.45) is 5.92 Å². The molecular formula is C38H48N6O8. The molecule has 0 saturated carbocycles. The number of aliphatic hydroxyl groups is 1. The number of amides is 5. The number of nitrogens with one attached hydrogen (secondary N) is 3. The number of ether oxygens (including phenoxy) is 3. The third kappa shape index (κ3) is 10.1. The number of para-hydroxylation sites is 2. The summed E-state index contributed by atoms with van der Waals surface area (Å²) in [5, 5.41) is 18.6. The summed E-state index contributed by atoms with van der Waals surface area (Å²) < 4.78 is 17.3. The number of nitrogens with zero attached hydrogens (tertiary/aromatic N) is 2. The summed E-state index contributed by atoms with van der Waals surface area (Å²) in [6, 6.07) is 16.6. The van der Waals surface area contributed by atoms with Crippen LogP contribution in [0.1, 0.15) is 51.5 Å². The van der Waals surface area contributed by atoms with Crippen molar-refractivity contribution in [3.8, 4) is 17.2 Å². The predicted octanol–water partition coefficient (Wildman–Crippen LogP) is 4.84. The second kappa shape index (κ2) is 17.6. The number of anilines is 4. The van der Waals surface area contributed by atoms with Crippen LogP contribution in [0, 0.1) is 5.92 Å². The van der Waals surface area contributed by atoms with Crippen molar-refractivity contribution in [1.82, 2.24) is 9.80 Å². The largest absolute Gasteiger partial charge is 0.488 e. The van der Waals surface area contributed by atoms with Crippen LogP contribution in [-0.2, 0) is 20.8 Å². The van der Waals surface area contributed by atoms with Gasteiger partial charge in [-0.1, -0.05) is 25.5 Å². The first kappa shape index (κ1) is 37.7. The minimum atomic E-state index is -0.516. The topological polar surface area (TPSA) is 185 Å². The lowest BCUT2D eigenvalue weighted by molar-refractivity contribution is -0.134. The van der Waals surface area contributed by atoms with Gasteiger partial charge in [0.2, 0.25) is 24.5 Å². The van der Waals surface area contributed by atoms with Crippen LogP contribution in [0.25, 0.3) is 0 Å². The van der Waals surface area contributed by atoms with Gasteiger partial charge in [0.05, 0.1) is 37.0 Å². The molecule has 52 heavy (non-hydrogen) atoms. The molecule has 2 aliphatic heterocycles. The molecule has 0 aromatic heterocycles. The Balaban J connectivity index is 1.19. The van der Waals surface area contributed by atoms with Crippen molar-refractivity contribution in [3.05, 3.63) is 66.2 Å². The zero-order chi connectivity index (χ0) is 37.2.